The Hall–Kier alpha value is -0.550. The van der Waals surface area contributed by atoms with Crippen LogP contribution in [0.3, 0.4) is 0 Å². The fourth-order valence-electron chi connectivity index (χ4n) is 1.05. The average Bonchev–Trinajstić information content (AvgIpc) is 2.53. The van der Waals surface area contributed by atoms with E-state index in [4.69, 9.17) is 4.52 Å². The Morgan fingerprint density at radius 3 is 2.93 bits per heavy atom. The van der Waals surface area contributed by atoms with Crippen molar-refractivity contribution >= 4 is 11.8 Å². The second-order valence-electron chi connectivity index (χ2n) is 3.40. The van der Waals surface area contributed by atoms with Gasteiger partial charge in [-0.15, -0.1) is 0 Å². The van der Waals surface area contributed by atoms with Crippen LogP contribution in [-0.2, 0) is 12.2 Å². The minimum absolute atomic E-state index is 0.503. The van der Waals surface area contributed by atoms with Crippen LogP contribution in [0.25, 0.3) is 0 Å². The molecule has 0 saturated heterocycles. The minimum atomic E-state index is 0.503. The lowest BCUT2D eigenvalue weighted by molar-refractivity contribution is 0.370. The van der Waals surface area contributed by atoms with Gasteiger partial charge in [-0.05, 0) is 6.26 Å². The summed E-state index contributed by atoms with van der Waals surface area (Å²) in [5.74, 6) is 2.33. The molecule has 80 valence electrons. The van der Waals surface area contributed by atoms with Crippen LogP contribution in [-0.4, -0.2) is 29.0 Å². The first kappa shape index (κ1) is 11.5. The number of aromatic nitrogens is 2. The highest BCUT2D eigenvalue weighted by Crippen LogP contribution is 2.05. The maximum absolute atomic E-state index is 5.08. The summed E-state index contributed by atoms with van der Waals surface area (Å²) in [6.45, 7) is 5.12. The van der Waals surface area contributed by atoms with Crippen molar-refractivity contribution in [3.63, 3.8) is 0 Å². The molecule has 0 saturated carbocycles. The van der Waals surface area contributed by atoms with Gasteiger partial charge in [0.1, 0.15) is 0 Å². The number of rotatable bonds is 6. The molecule has 1 rings (SSSR count). The van der Waals surface area contributed by atoms with Crippen molar-refractivity contribution in [2.24, 2.45) is 0 Å². The van der Waals surface area contributed by atoms with Crippen molar-refractivity contribution in [2.75, 3.05) is 12.8 Å². The molecule has 1 aromatic rings. The van der Waals surface area contributed by atoms with Crippen LogP contribution in [0.5, 0.6) is 0 Å². The number of hydrogen-bond acceptors (Lipinski definition) is 5. The highest BCUT2D eigenvalue weighted by molar-refractivity contribution is 7.97. The van der Waals surface area contributed by atoms with Crippen LogP contribution < -0.4 is 5.32 Å². The van der Waals surface area contributed by atoms with E-state index in [9.17, 15) is 0 Å². The third kappa shape index (κ3) is 4.11. The summed E-state index contributed by atoms with van der Waals surface area (Å²) in [6.07, 6.45) is 2.83. The van der Waals surface area contributed by atoms with E-state index in [0.29, 0.717) is 6.04 Å². The zero-order chi connectivity index (χ0) is 10.4. The molecule has 0 atom stereocenters. The quantitative estimate of drug-likeness (QED) is 0.779. The van der Waals surface area contributed by atoms with Gasteiger partial charge < -0.3 is 9.84 Å². The maximum atomic E-state index is 5.08. The molecule has 5 heteroatoms. The summed E-state index contributed by atoms with van der Waals surface area (Å²) in [5, 5.41) is 7.17. The Balaban J connectivity index is 2.28. The molecule has 0 aliphatic rings. The third-order valence-corrected chi connectivity index (χ3v) is 2.22. The number of hydrogen-bond donors (Lipinski definition) is 1. The summed E-state index contributed by atoms with van der Waals surface area (Å²) >= 11 is 1.70. The molecule has 0 aliphatic carbocycles. The molecule has 0 fully saturated rings. The van der Waals surface area contributed by atoms with E-state index in [2.05, 4.69) is 29.3 Å². The lowest BCUT2D eigenvalue weighted by Gasteiger charge is -2.04. The second kappa shape index (κ2) is 6.03. The number of nitrogens with one attached hydrogen (secondary N) is 1. The van der Waals surface area contributed by atoms with E-state index < -0.39 is 0 Å². The maximum Gasteiger partial charge on any atom is 0.227 e. The highest BCUT2D eigenvalue weighted by atomic mass is 32.2. The molecule has 0 unspecified atom stereocenters. The smallest absolute Gasteiger partial charge is 0.227 e. The molecule has 0 bridgehead atoms. The molecule has 0 amide bonds. The Morgan fingerprint density at radius 1 is 1.50 bits per heavy atom. The molecule has 4 nitrogen and oxygen atoms in total. The van der Waals surface area contributed by atoms with Crippen LogP contribution in [0.2, 0.25) is 0 Å². The van der Waals surface area contributed by atoms with Gasteiger partial charge in [0.05, 0.1) is 5.75 Å². The highest BCUT2D eigenvalue weighted by Gasteiger charge is 2.04. The first-order valence-electron chi connectivity index (χ1n) is 4.76. The van der Waals surface area contributed by atoms with Crippen molar-refractivity contribution in [3.8, 4) is 0 Å². The van der Waals surface area contributed by atoms with Gasteiger partial charge in [-0.3, -0.25) is 0 Å². The van der Waals surface area contributed by atoms with Crippen LogP contribution in [0, 0.1) is 0 Å². The molecule has 0 aromatic carbocycles. The summed E-state index contributed by atoms with van der Waals surface area (Å²) in [7, 11) is 0. The van der Waals surface area contributed by atoms with Gasteiger partial charge in [-0.1, -0.05) is 19.0 Å². The Labute approximate surface area is 88.8 Å². The summed E-state index contributed by atoms with van der Waals surface area (Å²) in [5.41, 5.74) is 0. The molecule has 0 aliphatic heterocycles. The van der Waals surface area contributed by atoms with E-state index in [1.807, 2.05) is 6.26 Å². The van der Waals surface area contributed by atoms with Crippen molar-refractivity contribution in [3.05, 3.63) is 11.7 Å². The van der Waals surface area contributed by atoms with Crippen molar-refractivity contribution < 1.29 is 4.52 Å². The van der Waals surface area contributed by atoms with Gasteiger partial charge in [0, 0.05) is 19.0 Å². The Kier molecular flexibility index (Phi) is 4.97. The van der Waals surface area contributed by atoms with Gasteiger partial charge >= 0.3 is 0 Å². The number of nitrogens with zero attached hydrogens (tertiary/aromatic N) is 2. The molecule has 0 radical (unpaired) electrons. The zero-order valence-corrected chi connectivity index (χ0v) is 9.73. The van der Waals surface area contributed by atoms with Gasteiger partial charge in [-0.25, -0.2) is 0 Å². The molecule has 0 spiro atoms. The van der Waals surface area contributed by atoms with Crippen LogP contribution in [0.4, 0.5) is 0 Å². The van der Waals surface area contributed by atoms with Crippen LogP contribution >= 0.6 is 11.8 Å². The molecular formula is C9H17N3OS. The molecule has 14 heavy (non-hydrogen) atoms. The lowest BCUT2D eigenvalue weighted by Crippen LogP contribution is -2.25. The van der Waals surface area contributed by atoms with E-state index in [0.717, 1.165) is 30.4 Å². The summed E-state index contributed by atoms with van der Waals surface area (Å²) in [4.78, 5) is 4.26. The average molecular weight is 215 g/mol. The van der Waals surface area contributed by atoms with Gasteiger partial charge in [0.2, 0.25) is 5.89 Å². The van der Waals surface area contributed by atoms with E-state index >= 15 is 0 Å². The summed E-state index contributed by atoms with van der Waals surface area (Å²) < 4.78 is 5.08. The monoisotopic (exact) mass is 215 g/mol. The largest absolute Gasteiger partial charge is 0.339 e. The standard InChI is InChI=1S/C9H17N3OS/c1-7(2)10-5-4-9-11-8(6-14-3)12-13-9/h7,10H,4-6H2,1-3H3. The van der Waals surface area contributed by atoms with Gasteiger partial charge in [0.15, 0.2) is 5.82 Å². The SMILES string of the molecule is CSCc1noc(CCNC(C)C)n1. The second-order valence-corrected chi connectivity index (χ2v) is 4.26. The lowest BCUT2D eigenvalue weighted by atomic mass is 10.3. The Morgan fingerprint density at radius 2 is 2.29 bits per heavy atom. The van der Waals surface area contributed by atoms with E-state index in [1.165, 1.54) is 0 Å². The fourth-order valence-corrected chi connectivity index (χ4v) is 1.42. The van der Waals surface area contributed by atoms with Crippen molar-refractivity contribution in [1.82, 2.24) is 15.5 Å². The zero-order valence-electron chi connectivity index (χ0n) is 8.91. The molecule has 1 heterocycles. The predicted molar refractivity (Wildman–Crippen MR) is 58.4 cm³/mol. The van der Waals surface area contributed by atoms with Gasteiger partial charge in [-0.2, -0.15) is 16.7 Å². The van der Waals surface area contributed by atoms with Crippen molar-refractivity contribution in [2.45, 2.75) is 32.1 Å². The van der Waals surface area contributed by atoms with Crippen LogP contribution in [0.15, 0.2) is 4.52 Å². The summed E-state index contributed by atoms with van der Waals surface area (Å²) in [6, 6.07) is 0.503. The van der Waals surface area contributed by atoms with Crippen LogP contribution in [0.1, 0.15) is 25.6 Å². The number of thioether (sulfide) groups is 1. The van der Waals surface area contributed by atoms with E-state index in [-0.39, 0.29) is 0 Å². The first-order chi connectivity index (χ1) is 6.72. The molecule has 1 N–H and O–H groups in total. The normalized spacial score (nSPS) is 11.1. The fraction of sp³-hybridized carbons (Fsp3) is 0.778. The van der Waals surface area contributed by atoms with Crippen molar-refractivity contribution in [1.29, 1.82) is 0 Å². The van der Waals surface area contributed by atoms with E-state index in [1.54, 1.807) is 11.8 Å². The molecule has 1 aromatic heterocycles. The topological polar surface area (TPSA) is 51.0 Å². The third-order valence-electron chi connectivity index (χ3n) is 1.68. The molecular weight excluding hydrogens is 198 g/mol. The first-order valence-corrected chi connectivity index (χ1v) is 6.15. The Bertz CT molecular complexity index is 262. The predicted octanol–water partition coefficient (Wildman–Crippen LogP) is 1.47. The minimum Gasteiger partial charge on any atom is -0.339 e. The van der Waals surface area contributed by atoms with Gasteiger partial charge in [0.25, 0.3) is 0 Å².